The number of hydrogen-bond acceptors (Lipinski definition) is 3. The topological polar surface area (TPSA) is 37.8 Å². The van der Waals surface area contributed by atoms with Crippen molar-refractivity contribution >= 4 is 5.82 Å². The maximum atomic E-state index is 4.26. The van der Waals surface area contributed by atoms with Crippen molar-refractivity contribution < 1.29 is 0 Å². The van der Waals surface area contributed by atoms with E-state index < -0.39 is 0 Å². The molecule has 1 heterocycles. The van der Waals surface area contributed by atoms with E-state index in [0.29, 0.717) is 5.92 Å². The maximum absolute atomic E-state index is 4.26. The summed E-state index contributed by atoms with van der Waals surface area (Å²) in [6.45, 7) is 3.14. The molecule has 13 heavy (non-hydrogen) atoms. The SMILES string of the molecule is CCCNc1cc(C2CC2)ncn1. The summed E-state index contributed by atoms with van der Waals surface area (Å²) in [6.07, 6.45) is 5.38. The Kier molecular flexibility index (Phi) is 2.43. The Morgan fingerprint density at radius 3 is 3.00 bits per heavy atom. The summed E-state index contributed by atoms with van der Waals surface area (Å²) in [6, 6.07) is 2.08. The van der Waals surface area contributed by atoms with E-state index >= 15 is 0 Å². The van der Waals surface area contributed by atoms with Crippen molar-refractivity contribution in [2.45, 2.75) is 32.1 Å². The van der Waals surface area contributed by atoms with Gasteiger partial charge in [-0.25, -0.2) is 9.97 Å². The highest BCUT2D eigenvalue weighted by atomic mass is 15.0. The lowest BCUT2D eigenvalue weighted by atomic mass is 10.3. The van der Waals surface area contributed by atoms with Gasteiger partial charge in [-0.3, -0.25) is 0 Å². The molecule has 0 spiro atoms. The van der Waals surface area contributed by atoms with Crippen molar-refractivity contribution in [1.29, 1.82) is 0 Å². The van der Waals surface area contributed by atoms with Gasteiger partial charge in [0, 0.05) is 24.2 Å². The van der Waals surface area contributed by atoms with Gasteiger partial charge in [0.1, 0.15) is 12.1 Å². The highest BCUT2D eigenvalue weighted by Crippen LogP contribution is 2.39. The molecule has 1 fully saturated rings. The normalized spacial score (nSPS) is 15.8. The van der Waals surface area contributed by atoms with Crippen LogP contribution in [0.15, 0.2) is 12.4 Å². The fraction of sp³-hybridized carbons (Fsp3) is 0.600. The molecule has 1 N–H and O–H groups in total. The molecule has 3 heteroatoms. The Bertz CT molecular complexity index is 281. The molecule has 0 saturated heterocycles. The van der Waals surface area contributed by atoms with Crippen LogP contribution in [0, 0.1) is 0 Å². The van der Waals surface area contributed by atoms with Gasteiger partial charge >= 0.3 is 0 Å². The second-order valence-electron chi connectivity index (χ2n) is 3.53. The molecule has 2 rings (SSSR count). The van der Waals surface area contributed by atoms with Gasteiger partial charge < -0.3 is 5.32 Å². The van der Waals surface area contributed by atoms with E-state index in [2.05, 4.69) is 28.3 Å². The van der Waals surface area contributed by atoms with Crippen LogP contribution in [-0.2, 0) is 0 Å². The zero-order valence-corrected chi connectivity index (χ0v) is 7.95. The summed E-state index contributed by atoms with van der Waals surface area (Å²) in [5, 5.41) is 3.27. The van der Waals surface area contributed by atoms with Crippen molar-refractivity contribution in [3.05, 3.63) is 18.1 Å². The number of aromatic nitrogens is 2. The standard InChI is InChI=1S/C10H15N3/c1-2-5-11-10-6-9(8-3-4-8)12-7-13-10/h6-8H,2-5H2,1H3,(H,11,12,13). The average molecular weight is 177 g/mol. The molecule has 0 aliphatic heterocycles. The van der Waals surface area contributed by atoms with E-state index in [-0.39, 0.29) is 0 Å². The minimum atomic E-state index is 0.713. The van der Waals surface area contributed by atoms with E-state index in [0.717, 1.165) is 18.8 Å². The molecule has 1 aliphatic carbocycles. The molecule has 0 amide bonds. The van der Waals surface area contributed by atoms with Gasteiger partial charge in [-0.2, -0.15) is 0 Å². The number of nitrogens with zero attached hydrogens (tertiary/aromatic N) is 2. The molecule has 1 saturated carbocycles. The van der Waals surface area contributed by atoms with Crippen molar-refractivity contribution in [3.8, 4) is 0 Å². The third-order valence-corrected chi connectivity index (χ3v) is 2.24. The number of hydrogen-bond donors (Lipinski definition) is 1. The van der Waals surface area contributed by atoms with Crippen LogP contribution >= 0.6 is 0 Å². The fourth-order valence-electron chi connectivity index (χ4n) is 1.32. The maximum Gasteiger partial charge on any atom is 0.129 e. The first kappa shape index (κ1) is 8.48. The summed E-state index contributed by atoms with van der Waals surface area (Å²) in [4.78, 5) is 8.42. The molecule has 1 aliphatic rings. The average Bonchev–Trinajstić information content (AvgIpc) is 2.98. The number of nitrogens with one attached hydrogen (secondary N) is 1. The van der Waals surface area contributed by atoms with Gasteiger partial charge in [-0.15, -0.1) is 0 Å². The van der Waals surface area contributed by atoms with Gasteiger partial charge in [-0.1, -0.05) is 6.92 Å². The van der Waals surface area contributed by atoms with E-state index in [1.54, 1.807) is 6.33 Å². The summed E-state index contributed by atoms with van der Waals surface area (Å²) in [5.41, 5.74) is 1.20. The molecular formula is C10H15N3. The second kappa shape index (κ2) is 3.73. The first-order chi connectivity index (χ1) is 6.40. The molecule has 0 aromatic carbocycles. The van der Waals surface area contributed by atoms with E-state index in [1.807, 2.05) is 0 Å². The Balaban J connectivity index is 2.03. The van der Waals surface area contributed by atoms with Crippen molar-refractivity contribution in [2.75, 3.05) is 11.9 Å². The van der Waals surface area contributed by atoms with Gasteiger partial charge in [0.2, 0.25) is 0 Å². The largest absolute Gasteiger partial charge is 0.370 e. The molecule has 1 aromatic rings. The number of rotatable bonds is 4. The van der Waals surface area contributed by atoms with Crippen LogP contribution in [0.4, 0.5) is 5.82 Å². The van der Waals surface area contributed by atoms with Gasteiger partial charge in [0.05, 0.1) is 0 Å². The third kappa shape index (κ3) is 2.17. The fourth-order valence-corrected chi connectivity index (χ4v) is 1.32. The Morgan fingerprint density at radius 1 is 1.46 bits per heavy atom. The lowest BCUT2D eigenvalue weighted by Gasteiger charge is -2.04. The second-order valence-corrected chi connectivity index (χ2v) is 3.53. The highest BCUT2D eigenvalue weighted by Gasteiger charge is 2.25. The van der Waals surface area contributed by atoms with Crippen LogP contribution in [0.5, 0.6) is 0 Å². The van der Waals surface area contributed by atoms with E-state index in [1.165, 1.54) is 18.5 Å². The monoisotopic (exact) mass is 177 g/mol. The van der Waals surface area contributed by atoms with Crippen LogP contribution in [0.25, 0.3) is 0 Å². The quantitative estimate of drug-likeness (QED) is 0.766. The predicted molar refractivity (Wildman–Crippen MR) is 52.8 cm³/mol. The summed E-state index contributed by atoms with van der Waals surface area (Å²) >= 11 is 0. The molecule has 0 atom stereocenters. The minimum Gasteiger partial charge on any atom is -0.370 e. The van der Waals surface area contributed by atoms with Gasteiger partial charge in [0.25, 0.3) is 0 Å². The number of anilines is 1. The van der Waals surface area contributed by atoms with Crippen LogP contribution in [0.3, 0.4) is 0 Å². The smallest absolute Gasteiger partial charge is 0.129 e. The van der Waals surface area contributed by atoms with Crippen molar-refractivity contribution in [1.82, 2.24) is 9.97 Å². The third-order valence-electron chi connectivity index (χ3n) is 2.24. The molecule has 0 unspecified atom stereocenters. The Hall–Kier alpha value is -1.12. The summed E-state index contributed by atoms with van der Waals surface area (Å²) < 4.78 is 0. The van der Waals surface area contributed by atoms with E-state index in [9.17, 15) is 0 Å². The van der Waals surface area contributed by atoms with E-state index in [4.69, 9.17) is 0 Å². The molecule has 3 nitrogen and oxygen atoms in total. The van der Waals surface area contributed by atoms with Crippen LogP contribution in [0.1, 0.15) is 37.8 Å². The summed E-state index contributed by atoms with van der Waals surface area (Å²) in [5.74, 6) is 1.68. The lowest BCUT2D eigenvalue weighted by molar-refractivity contribution is 0.944. The van der Waals surface area contributed by atoms with Crippen LogP contribution in [-0.4, -0.2) is 16.5 Å². The van der Waals surface area contributed by atoms with Crippen molar-refractivity contribution in [2.24, 2.45) is 0 Å². The first-order valence-corrected chi connectivity index (χ1v) is 4.96. The molecule has 0 radical (unpaired) electrons. The van der Waals surface area contributed by atoms with Gasteiger partial charge in [-0.05, 0) is 19.3 Å². The molecule has 1 aromatic heterocycles. The summed E-state index contributed by atoms with van der Waals surface area (Å²) in [7, 11) is 0. The van der Waals surface area contributed by atoms with Crippen LogP contribution < -0.4 is 5.32 Å². The van der Waals surface area contributed by atoms with Crippen molar-refractivity contribution in [3.63, 3.8) is 0 Å². The lowest BCUT2D eigenvalue weighted by Crippen LogP contribution is -2.02. The molecule has 70 valence electrons. The Labute approximate surface area is 78.6 Å². The first-order valence-electron chi connectivity index (χ1n) is 4.96. The molecule has 0 bridgehead atoms. The van der Waals surface area contributed by atoms with Gasteiger partial charge in [0.15, 0.2) is 0 Å². The zero-order valence-electron chi connectivity index (χ0n) is 7.95. The van der Waals surface area contributed by atoms with Crippen LogP contribution in [0.2, 0.25) is 0 Å². The molecular weight excluding hydrogens is 162 g/mol. The zero-order chi connectivity index (χ0) is 9.10. The highest BCUT2D eigenvalue weighted by molar-refractivity contribution is 5.36. The predicted octanol–water partition coefficient (Wildman–Crippen LogP) is 2.18. The Morgan fingerprint density at radius 2 is 2.31 bits per heavy atom. The minimum absolute atomic E-state index is 0.713.